The largest absolute Gasteiger partial charge is 0.497 e. The van der Waals surface area contributed by atoms with Gasteiger partial charge in [-0.1, -0.05) is 12.1 Å². The molecule has 2 aromatic carbocycles. The van der Waals surface area contributed by atoms with Crippen LogP contribution in [0.2, 0.25) is 0 Å². The van der Waals surface area contributed by atoms with Crippen LogP contribution in [0.3, 0.4) is 0 Å². The normalized spacial score (nSPS) is 10.8. The Labute approximate surface area is 153 Å². The van der Waals surface area contributed by atoms with Gasteiger partial charge in [-0.15, -0.1) is 0 Å². The van der Waals surface area contributed by atoms with Gasteiger partial charge in [-0.2, -0.15) is 0 Å². The van der Waals surface area contributed by atoms with E-state index in [4.69, 9.17) is 4.74 Å². The van der Waals surface area contributed by atoms with Gasteiger partial charge in [-0.05, 0) is 62.7 Å². The van der Waals surface area contributed by atoms with Crippen LogP contribution in [-0.4, -0.2) is 24.6 Å². The van der Waals surface area contributed by atoms with Gasteiger partial charge in [-0.3, -0.25) is 4.79 Å². The predicted octanol–water partition coefficient (Wildman–Crippen LogP) is 3.55. The second kappa shape index (κ2) is 8.38. The maximum Gasteiger partial charge on any atom is 0.319 e. The molecule has 0 saturated heterocycles. The molecule has 2 rings (SSSR count). The molecule has 0 heterocycles. The molecule has 6 heteroatoms. The van der Waals surface area contributed by atoms with Gasteiger partial charge >= 0.3 is 6.03 Å². The van der Waals surface area contributed by atoms with Crippen molar-refractivity contribution in [2.24, 2.45) is 0 Å². The average molecular weight is 355 g/mol. The van der Waals surface area contributed by atoms with Crippen LogP contribution in [0.15, 0.2) is 48.5 Å². The quantitative estimate of drug-likeness (QED) is 0.767. The number of methoxy groups -OCH3 is 1. The van der Waals surface area contributed by atoms with Gasteiger partial charge in [0.15, 0.2) is 0 Å². The predicted molar refractivity (Wildman–Crippen MR) is 103 cm³/mol. The Hall–Kier alpha value is -3.02. The Morgan fingerprint density at radius 1 is 0.962 bits per heavy atom. The summed E-state index contributed by atoms with van der Waals surface area (Å²) in [5.74, 6) is 0.627. The molecule has 138 valence electrons. The van der Waals surface area contributed by atoms with E-state index in [0.29, 0.717) is 17.8 Å². The molecule has 6 nitrogen and oxygen atoms in total. The third-order valence-electron chi connectivity index (χ3n) is 3.51. The number of carbonyl (C=O) groups is 2. The molecule has 0 aliphatic carbocycles. The summed E-state index contributed by atoms with van der Waals surface area (Å²) in [5.41, 5.74) is 1.83. The van der Waals surface area contributed by atoms with Crippen LogP contribution in [0.5, 0.6) is 5.75 Å². The van der Waals surface area contributed by atoms with E-state index in [1.54, 1.807) is 31.4 Å². The van der Waals surface area contributed by atoms with Crippen LogP contribution in [0.25, 0.3) is 0 Å². The zero-order chi connectivity index (χ0) is 19.2. The number of hydrogen-bond acceptors (Lipinski definition) is 3. The molecular weight excluding hydrogens is 330 g/mol. The lowest BCUT2D eigenvalue weighted by Crippen LogP contribution is -2.40. The highest BCUT2D eigenvalue weighted by molar-refractivity contribution is 5.95. The zero-order valence-corrected chi connectivity index (χ0v) is 15.6. The molecule has 0 atom stereocenters. The summed E-state index contributed by atoms with van der Waals surface area (Å²) in [6, 6.07) is 13.9. The summed E-state index contributed by atoms with van der Waals surface area (Å²) in [5, 5.41) is 8.42. The van der Waals surface area contributed by atoms with E-state index < -0.39 is 0 Å². The number of hydrogen-bond donors (Lipinski definition) is 3. The van der Waals surface area contributed by atoms with Gasteiger partial charge in [0.1, 0.15) is 5.75 Å². The molecule has 3 N–H and O–H groups in total. The zero-order valence-electron chi connectivity index (χ0n) is 15.6. The Balaban J connectivity index is 1.85. The lowest BCUT2D eigenvalue weighted by molar-refractivity contribution is 0.0919. The summed E-state index contributed by atoms with van der Waals surface area (Å²) >= 11 is 0. The van der Waals surface area contributed by atoms with E-state index in [1.807, 2.05) is 45.0 Å². The Kier molecular flexibility index (Phi) is 6.22. The van der Waals surface area contributed by atoms with Gasteiger partial charge in [0, 0.05) is 23.3 Å². The molecule has 2 aromatic rings. The van der Waals surface area contributed by atoms with Crippen molar-refractivity contribution in [1.29, 1.82) is 0 Å². The first kappa shape index (κ1) is 19.3. The maximum absolute atomic E-state index is 12.1. The SMILES string of the molecule is COc1ccc(CNC(=O)Nc2ccc(C(=O)NC(C)(C)C)cc2)cc1. The number of benzene rings is 2. The third-order valence-corrected chi connectivity index (χ3v) is 3.51. The number of urea groups is 1. The number of rotatable bonds is 5. The van der Waals surface area contributed by atoms with E-state index in [1.165, 1.54) is 0 Å². The van der Waals surface area contributed by atoms with Crippen molar-refractivity contribution in [3.05, 3.63) is 59.7 Å². The molecule has 0 radical (unpaired) electrons. The molecule has 0 aliphatic rings. The molecule has 0 aliphatic heterocycles. The molecular formula is C20H25N3O3. The molecule has 0 saturated carbocycles. The number of nitrogens with one attached hydrogen (secondary N) is 3. The van der Waals surface area contributed by atoms with Crippen LogP contribution >= 0.6 is 0 Å². The monoisotopic (exact) mass is 355 g/mol. The molecule has 0 fully saturated rings. The van der Waals surface area contributed by atoms with E-state index in [0.717, 1.165) is 11.3 Å². The fourth-order valence-electron chi connectivity index (χ4n) is 2.22. The minimum atomic E-state index is -0.312. The highest BCUT2D eigenvalue weighted by Crippen LogP contribution is 2.12. The van der Waals surface area contributed by atoms with Gasteiger partial charge in [0.25, 0.3) is 5.91 Å². The minimum absolute atomic E-state index is 0.145. The number of amides is 3. The molecule has 0 bridgehead atoms. The number of ether oxygens (including phenoxy) is 1. The minimum Gasteiger partial charge on any atom is -0.497 e. The molecule has 3 amide bonds. The maximum atomic E-state index is 12.1. The lowest BCUT2D eigenvalue weighted by atomic mass is 10.1. The number of carbonyl (C=O) groups excluding carboxylic acids is 2. The summed E-state index contributed by atoms with van der Waals surface area (Å²) in [4.78, 5) is 24.1. The molecule has 0 aromatic heterocycles. The first-order valence-corrected chi connectivity index (χ1v) is 8.37. The van der Waals surface area contributed by atoms with Gasteiger partial charge < -0.3 is 20.7 Å². The van der Waals surface area contributed by atoms with Gasteiger partial charge in [-0.25, -0.2) is 4.79 Å². The third kappa shape index (κ3) is 6.12. The smallest absolute Gasteiger partial charge is 0.319 e. The van der Waals surface area contributed by atoms with Crippen molar-refractivity contribution >= 4 is 17.6 Å². The van der Waals surface area contributed by atoms with Crippen LogP contribution < -0.4 is 20.7 Å². The van der Waals surface area contributed by atoms with Crippen LogP contribution in [-0.2, 0) is 6.54 Å². The Morgan fingerprint density at radius 3 is 2.12 bits per heavy atom. The van der Waals surface area contributed by atoms with Crippen molar-refractivity contribution < 1.29 is 14.3 Å². The molecule has 0 unspecified atom stereocenters. The fraction of sp³-hybridized carbons (Fsp3) is 0.300. The highest BCUT2D eigenvalue weighted by Gasteiger charge is 2.15. The van der Waals surface area contributed by atoms with Crippen molar-refractivity contribution in [2.45, 2.75) is 32.9 Å². The lowest BCUT2D eigenvalue weighted by Gasteiger charge is -2.20. The summed E-state index contributed by atoms with van der Waals surface area (Å²) in [7, 11) is 1.61. The van der Waals surface area contributed by atoms with E-state index in [-0.39, 0.29) is 17.5 Å². The fourth-order valence-corrected chi connectivity index (χ4v) is 2.22. The summed E-state index contributed by atoms with van der Waals surface area (Å²) < 4.78 is 5.10. The van der Waals surface area contributed by atoms with Crippen LogP contribution in [0.4, 0.5) is 10.5 Å². The van der Waals surface area contributed by atoms with Crippen molar-refractivity contribution in [1.82, 2.24) is 10.6 Å². The second-order valence-corrected chi connectivity index (χ2v) is 6.94. The Bertz CT molecular complexity index is 747. The average Bonchev–Trinajstić information content (AvgIpc) is 2.59. The highest BCUT2D eigenvalue weighted by atomic mass is 16.5. The van der Waals surface area contributed by atoms with Crippen molar-refractivity contribution in [2.75, 3.05) is 12.4 Å². The molecule has 26 heavy (non-hydrogen) atoms. The summed E-state index contributed by atoms with van der Waals surface area (Å²) in [6.07, 6.45) is 0. The summed E-state index contributed by atoms with van der Waals surface area (Å²) in [6.45, 7) is 6.18. The van der Waals surface area contributed by atoms with Crippen molar-refractivity contribution in [3.8, 4) is 5.75 Å². The first-order chi connectivity index (χ1) is 12.3. The molecule has 0 spiro atoms. The van der Waals surface area contributed by atoms with E-state index >= 15 is 0 Å². The second-order valence-electron chi connectivity index (χ2n) is 6.94. The first-order valence-electron chi connectivity index (χ1n) is 8.37. The van der Waals surface area contributed by atoms with Crippen LogP contribution in [0, 0.1) is 0 Å². The van der Waals surface area contributed by atoms with Gasteiger partial charge in [0.05, 0.1) is 7.11 Å². The van der Waals surface area contributed by atoms with Gasteiger partial charge in [0.2, 0.25) is 0 Å². The van der Waals surface area contributed by atoms with E-state index in [9.17, 15) is 9.59 Å². The van der Waals surface area contributed by atoms with Crippen molar-refractivity contribution in [3.63, 3.8) is 0 Å². The standard InChI is InChI=1S/C20H25N3O3/c1-20(2,3)23-18(24)15-7-9-16(10-8-15)22-19(25)21-13-14-5-11-17(26-4)12-6-14/h5-12H,13H2,1-4H3,(H,23,24)(H2,21,22,25). The topological polar surface area (TPSA) is 79.5 Å². The number of anilines is 1. The Morgan fingerprint density at radius 2 is 1.58 bits per heavy atom. The van der Waals surface area contributed by atoms with E-state index in [2.05, 4.69) is 16.0 Å². The van der Waals surface area contributed by atoms with Crippen LogP contribution in [0.1, 0.15) is 36.7 Å².